The summed E-state index contributed by atoms with van der Waals surface area (Å²) in [6.07, 6.45) is 0.881. The van der Waals surface area contributed by atoms with E-state index in [0.29, 0.717) is 5.76 Å². The van der Waals surface area contributed by atoms with Crippen molar-refractivity contribution < 1.29 is 13.3 Å². The Morgan fingerprint density at radius 3 is 2.08 bits per heavy atom. The van der Waals surface area contributed by atoms with E-state index in [-0.39, 0.29) is 10.8 Å². The maximum atomic E-state index is 11.4. The Hall–Kier alpha value is -2.15. The zero-order valence-corrected chi connectivity index (χ0v) is 14.6. The first-order valence-corrected chi connectivity index (χ1v) is 9.22. The Morgan fingerprint density at radius 2 is 1.62 bits per heavy atom. The third-order valence-corrected chi connectivity index (χ3v) is 4.93. The van der Waals surface area contributed by atoms with Crippen molar-refractivity contribution in [1.82, 2.24) is 0 Å². The summed E-state index contributed by atoms with van der Waals surface area (Å²) in [5, 5.41) is 5.16. The lowest BCUT2D eigenvalue weighted by atomic mass is 9.89. The number of hydrogen-bond donors (Lipinski definition) is 2. The van der Waals surface area contributed by atoms with E-state index in [4.69, 9.17) is 15.9 Å². The van der Waals surface area contributed by atoms with Gasteiger partial charge in [-0.15, -0.1) is 0 Å². The van der Waals surface area contributed by atoms with E-state index < -0.39 is 10.0 Å². The quantitative estimate of drug-likeness (QED) is 0.477. The van der Waals surface area contributed by atoms with Crippen LogP contribution < -0.4 is 11.0 Å². The molecule has 5 nitrogen and oxygen atoms in total. The molecule has 0 aliphatic carbocycles. The second kappa shape index (κ2) is 7.61. The summed E-state index contributed by atoms with van der Waals surface area (Å²) in [7, 11) is -3.72. The summed E-state index contributed by atoms with van der Waals surface area (Å²) < 4.78 is 22.9. The van der Waals surface area contributed by atoms with Crippen LogP contribution in [0.25, 0.3) is 11.3 Å². The van der Waals surface area contributed by atoms with E-state index in [1.165, 1.54) is 12.1 Å². The van der Waals surface area contributed by atoms with E-state index in [9.17, 15) is 8.42 Å². The van der Waals surface area contributed by atoms with Gasteiger partial charge in [-0.2, -0.15) is 5.90 Å². The van der Waals surface area contributed by atoms with Crippen molar-refractivity contribution in [2.75, 3.05) is 0 Å². The number of hydrogen-bond acceptors (Lipinski definition) is 4. The highest BCUT2D eigenvalue weighted by Crippen LogP contribution is 2.34. The van der Waals surface area contributed by atoms with E-state index >= 15 is 0 Å². The third-order valence-electron chi connectivity index (χ3n) is 4.00. The fraction of sp³-hybridized carbons (Fsp3) is 0.222. The molecule has 2 aromatic carbocycles. The molecule has 24 heavy (non-hydrogen) atoms. The fourth-order valence-electron chi connectivity index (χ4n) is 2.54. The van der Waals surface area contributed by atoms with Gasteiger partial charge < -0.3 is 4.84 Å². The average molecular weight is 346 g/mol. The number of rotatable bonds is 6. The molecular formula is C18H22N2O3S. The second-order valence-corrected chi connectivity index (χ2v) is 7.17. The Bertz CT molecular complexity index is 813. The molecule has 0 aliphatic heterocycles. The molecule has 2 rings (SSSR count). The molecule has 0 aliphatic rings. The number of primary sulfonamides is 1. The molecule has 4 N–H and O–H groups in total. The molecule has 0 saturated heterocycles. The monoisotopic (exact) mass is 346 g/mol. The smallest absolute Gasteiger partial charge is 0.238 e. The Labute approximate surface area is 142 Å². The molecule has 128 valence electrons. The average Bonchev–Trinajstić information content (AvgIpc) is 2.59. The van der Waals surface area contributed by atoms with Crippen LogP contribution in [0.2, 0.25) is 0 Å². The Morgan fingerprint density at radius 1 is 1.04 bits per heavy atom. The molecule has 0 amide bonds. The molecule has 1 unspecified atom stereocenters. The standard InChI is InChI=1S/C18H22N2O3S/c1-3-13(2)17(18(23-19)15-7-5-4-6-8-15)14-9-11-16(12-10-14)24(20,21)22/h4-13H,3,19H2,1-2H3,(H2,20,21,22)/b18-17+. The van der Waals surface area contributed by atoms with Crippen molar-refractivity contribution in [3.63, 3.8) is 0 Å². The van der Waals surface area contributed by atoms with Gasteiger partial charge in [-0.3, -0.25) is 0 Å². The Kier molecular flexibility index (Phi) is 5.77. The molecule has 0 saturated carbocycles. The predicted octanol–water partition coefficient (Wildman–Crippen LogP) is 3.14. The van der Waals surface area contributed by atoms with E-state index in [1.54, 1.807) is 12.1 Å². The van der Waals surface area contributed by atoms with Crippen LogP contribution in [-0.2, 0) is 14.9 Å². The lowest BCUT2D eigenvalue weighted by Gasteiger charge is -2.19. The third kappa shape index (κ3) is 4.03. The van der Waals surface area contributed by atoms with Crippen LogP contribution in [0.15, 0.2) is 59.5 Å². The molecule has 1 atom stereocenters. The van der Waals surface area contributed by atoms with Crippen LogP contribution in [0.1, 0.15) is 31.4 Å². The summed E-state index contributed by atoms with van der Waals surface area (Å²) in [6.45, 7) is 4.15. The minimum Gasteiger partial charge on any atom is -0.411 e. The summed E-state index contributed by atoms with van der Waals surface area (Å²) in [6, 6.07) is 16.0. The first kappa shape index (κ1) is 18.2. The van der Waals surface area contributed by atoms with Crippen LogP contribution >= 0.6 is 0 Å². The van der Waals surface area contributed by atoms with Crippen LogP contribution in [0, 0.1) is 5.92 Å². The normalized spacial score (nSPS) is 14.0. The van der Waals surface area contributed by atoms with E-state index in [0.717, 1.165) is 23.1 Å². The SMILES string of the molecule is CCC(C)/C(=C(\ON)c1ccccc1)c1ccc(S(N)(=O)=O)cc1. The predicted molar refractivity (Wildman–Crippen MR) is 95.8 cm³/mol. The number of nitrogens with two attached hydrogens (primary N) is 2. The topological polar surface area (TPSA) is 95.4 Å². The zero-order valence-electron chi connectivity index (χ0n) is 13.8. The van der Waals surface area contributed by atoms with Crippen LogP contribution in [-0.4, -0.2) is 8.42 Å². The molecule has 6 heteroatoms. The van der Waals surface area contributed by atoms with E-state index in [1.807, 2.05) is 30.3 Å². The van der Waals surface area contributed by atoms with Crippen LogP contribution in [0.5, 0.6) is 0 Å². The molecule has 2 aromatic rings. The highest BCUT2D eigenvalue weighted by Gasteiger charge is 2.19. The van der Waals surface area contributed by atoms with Gasteiger partial charge in [-0.1, -0.05) is 56.3 Å². The van der Waals surface area contributed by atoms with E-state index in [2.05, 4.69) is 13.8 Å². The van der Waals surface area contributed by atoms with Gasteiger partial charge in [0.1, 0.15) is 0 Å². The maximum Gasteiger partial charge on any atom is 0.238 e. The minimum atomic E-state index is -3.72. The van der Waals surface area contributed by atoms with Gasteiger partial charge in [0.05, 0.1) is 4.90 Å². The van der Waals surface area contributed by atoms with Gasteiger partial charge in [0, 0.05) is 11.1 Å². The molecule has 0 bridgehead atoms. The summed E-state index contributed by atoms with van der Waals surface area (Å²) in [5.74, 6) is 6.31. The van der Waals surface area contributed by atoms with Gasteiger partial charge >= 0.3 is 0 Å². The van der Waals surface area contributed by atoms with Crippen molar-refractivity contribution in [2.24, 2.45) is 17.0 Å². The molecular weight excluding hydrogens is 324 g/mol. The first-order chi connectivity index (χ1) is 11.4. The molecule has 0 aromatic heterocycles. The number of benzene rings is 2. The molecule has 0 fully saturated rings. The lowest BCUT2D eigenvalue weighted by Crippen LogP contribution is -2.12. The maximum absolute atomic E-state index is 11.4. The molecule has 0 spiro atoms. The van der Waals surface area contributed by atoms with Crippen molar-refractivity contribution in [3.05, 3.63) is 65.7 Å². The largest absolute Gasteiger partial charge is 0.411 e. The van der Waals surface area contributed by atoms with Gasteiger partial charge in [0.15, 0.2) is 5.76 Å². The van der Waals surface area contributed by atoms with Crippen LogP contribution in [0.3, 0.4) is 0 Å². The van der Waals surface area contributed by atoms with Gasteiger partial charge in [0.25, 0.3) is 0 Å². The highest BCUT2D eigenvalue weighted by molar-refractivity contribution is 7.89. The van der Waals surface area contributed by atoms with Crippen molar-refractivity contribution in [1.29, 1.82) is 0 Å². The fourth-order valence-corrected chi connectivity index (χ4v) is 3.06. The lowest BCUT2D eigenvalue weighted by molar-refractivity contribution is 0.290. The van der Waals surface area contributed by atoms with Gasteiger partial charge in [0.2, 0.25) is 10.0 Å². The summed E-state index contributed by atoms with van der Waals surface area (Å²) in [5.41, 5.74) is 2.64. The van der Waals surface area contributed by atoms with Crippen molar-refractivity contribution in [3.8, 4) is 0 Å². The first-order valence-electron chi connectivity index (χ1n) is 7.68. The summed E-state index contributed by atoms with van der Waals surface area (Å²) in [4.78, 5) is 5.28. The second-order valence-electron chi connectivity index (χ2n) is 5.61. The number of allylic oxidation sites excluding steroid dienone is 1. The van der Waals surface area contributed by atoms with Crippen LogP contribution in [0.4, 0.5) is 0 Å². The molecule has 0 radical (unpaired) electrons. The zero-order chi connectivity index (χ0) is 17.7. The highest BCUT2D eigenvalue weighted by atomic mass is 32.2. The number of sulfonamides is 1. The Balaban J connectivity index is 2.62. The minimum absolute atomic E-state index is 0.0738. The molecule has 0 heterocycles. The van der Waals surface area contributed by atoms with Crippen molar-refractivity contribution in [2.45, 2.75) is 25.2 Å². The summed E-state index contributed by atoms with van der Waals surface area (Å²) >= 11 is 0. The van der Waals surface area contributed by atoms with Gasteiger partial charge in [-0.25, -0.2) is 13.6 Å². The van der Waals surface area contributed by atoms with Crippen molar-refractivity contribution >= 4 is 21.4 Å². The van der Waals surface area contributed by atoms with Gasteiger partial charge in [-0.05, 0) is 30.0 Å².